The fourth-order valence-corrected chi connectivity index (χ4v) is 2.51. The molecule has 1 fully saturated rings. The van der Waals surface area contributed by atoms with Gasteiger partial charge in [0.2, 0.25) is 0 Å². The highest BCUT2D eigenvalue weighted by Crippen LogP contribution is 2.25. The SMILES string of the molecule is Oc1ccc(SCC2OCC(O)C2O)cc1. The van der Waals surface area contributed by atoms with Crippen molar-refractivity contribution < 1.29 is 20.1 Å². The predicted octanol–water partition coefficient (Wildman–Crippen LogP) is 0.605. The molecule has 0 amide bonds. The number of phenolic OH excluding ortho intramolecular Hbond substituents is 1. The molecule has 0 bridgehead atoms. The molecule has 88 valence electrons. The van der Waals surface area contributed by atoms with Gasteiger partial charge >= 0.3 is 0 Å². The van der Waals surface area contributed by atoms with Gasteiger partial charge in [-0.2, -0.15) is 0 Å². The van der Waals surface area contributed by atoms with Gasteiger partial charge in [0.1, 0.15) is 18.0 Å². The Morgan fingerprint density at radius 3 is 2.50 bits per heavy atom. The second-order valence-corrected chi connectivity index (χ2v) is 4.83. The molecule has 4 nitrogen and oxygen atoms in total. The van der Waals surface area contributed by atoms with Gasteiger partial charge in [-0.1, -0.05) is 0 Å². The summed E-state index contributed by atoms with van der Waals surface area (Å²) in [5, 5.41) is 27.9. The molecule has 1 aromatic rings. The van der Waals surface area contributed by atoms with Gasteiger partial charge in [-0.25, -0.2) is 0 Å². The van der Waals surface area contributed by atoms with E-state index in [9.17, 15) is 10.2 Å². The summed E-state index contributed by atoms with van der Waals surface area (Å²) in [5.41, 5.74) is 0. The molecule has 5 heteroatoms. The van der Waals surface area contributed by atoms with Gasteiger partial charge in [0.05, 0.1) is 12.7 Å². The summed E-state index contributed by atoms with van der Waals surface area (Å²) >= 11 is 1.52. The van der Waals surface area contributed by atoms with E-state index in [4.69, 9.17) is 9.84 Å². The van der Waals surface area contributed by atoms with E-state index in [1.807, 2.05) is 0 Å². The Morgan fingerprint density at radius 1 is 1.25 bits per heavy atom. The number of aromatic hydroxyl groups is 1. The Labute approximate surface area is 97.9 Å². The lowest BCUT2D eigenvalue weighted by molar-refractivity contribution is 0.0337. The summed E-state index contributed by atoms with van der Waals surface area (Å²) in [7, 11) is 0. The van der Waals surface area contributed by atoms with Crippen molar-refractivity contribution in [3.63, 3.8) is 0 Å². The molecule has 16 heavy (non-hydrogen) atoms. The van der Waals surface area contributed by atoms with Gasteiger partial charge < -0.3 is 20.1 Å². The van der Waals surface area contributed by atoms with Crippen molar-refractivity contribution in [1.29, 1.82) is 0 Å². The van der Waals surface area contributed by atoms with Gasteiger partial charge in [-0.15, -0.1) is 11.8 Å². The molecule has 2 rings (SSSR count). The zero-order valence-corrected chi connectivity index (χ0v) is 9.43. The summed E-state index contributed by atoms with van der Waals surface area (Å²) in [6.45, 7) is 0.196. The maximum absolute atomic E-state index is 9.55. The normalized spacial score (nSPS) is 29.5. The third-order valence-corrected chi connectivity index (χ3v) is 3.61. The molecule has 3 N–H and O–H groups in total. The second kappa shape index (κ2) is 5.05. The molecule has 0 spiro atoms. The Hall–Kier alpha value is -0.750. The first-order valence-electron chi connectivity index (χ1n) is 5.06. The van der Waals surface area contributed by atoms with Crippen molar-refractivity contribution in [2.24, 2.45) is 0 Å². The van der Waals surface area contributed by atoms with E-state index in [1.54, 1.807) is 24.3 Å². The lowest BCUT2D eigenvalue weighted by Crippen LogP contribution is -2.31. The van der Waals surface area contributed by atoms with Crippen LogP contribution in [0.15, 0.2) is 29.2 Å². The minimum Gasteiger partial charge on any atom is -0.508 e. The fraction of sp³-hybridized carbons (Fsp3) is 0.455. The van der Waals surface area contributed by atoms with Crippen LogP contribution in [0.1, 0.15) is 0 Å². The Morgan fingerprint density at radius 2 is 1.94 bits per heavy atom. The Kier molecular flexibility index (Phi) is 3.70. The number of aliphatic hydroxyl groups excluding tert-OH is 2. The molecule has 3 unspecified atom stereocenters. The Balaban J connectivity index is 1.86. The number of aliphatic hydroxyl groups is 2. The molecule has 1 aromatic carbocycles. The van der Waals surface area contributed by atoms with Gasteiger partial charge in [-0.05, 0) is 24.3 Å². The highest BCUT2D eigenvalue weighted by molar-refractivity contribution is 7.99. The minimum atomic E-state index is -0.801. The second-order valence-electron chi connectivity index (χ2n) is 3.73. The van der Waals surface area contributed by atoms with Crippen LogP contribution < -0.4 is 0 Å². The lowest BCUT2D eigenvalue weighted by atomic mass is 10.2. The largest absolute Gasteiger partial charge is 0.508 e. The predicted molar refractivity (Wildman–Crippen MR) is 60.6 cm³/mol. The van der Waals surface area contributed by atoms with Crippen LogP contribution >= 0.6 is 11.8 Å². The van der Waals surface area contributed by atoms with Crippen LogP contribution in [-0.4, -0.2) is 46.0 Å². The van der Waals surface area contributed by atoms with Crippen molar-refractivity contribution in [1.82, 2.24) is 0 Å². The Bertz CT molecular complexity index is 340. The zero-order chi connectivity index (χ0) is 11.5. The van der Waals surface area contributed by atoms with Crippen molar-refractivity contribution in [2.75, 3.05) is 12.4 Å². The highest BCUT2D eigenvalue weighted by atomic mass is 32.2. The molecule has 3 atom stereocenters. The number of phenols is 1. The number of thioether (sulfide) groups is 1. The number of hydrogen-bond donors (Lipinski definition) is 3. The topological polar surface area (TPSA) is 69.9 Å². The standard InChI is InChI=1S/C11H14O4S/c12-7-1-3-8(4-2-7)16-6-10-11(14)9(13)5-15-10/h1-4,9-14H,5-6H2. The van der Waals surface area contributed by atoms with E-state index in [0.717, 1.165) is 4.90 Å². The molecule has 1 heterocycles. The zero-order valence-electron chi connectivity index (χ0n) is 8.61. The average Bonchev–Trinajstić information content (AvgIpc) is 2.60. The van der Waals surface area contributed by atoms with Crippen LogP contribution in [0.3, 0.4) is 0 Å². The first-order valence-corrected chi connectivity index (χ1v) is 6.05. The third kappa shape index (κ3) is 2.68. The van der Waals surface area contributed by atoms with E-state index in [2.05, 4.69) is 0 Å². The molecule has 0 aliphatic carbocycles. The third-order valence-electron chi connectivity index (χ3n) is 2.51. The number of rotatable bonds is 3. The van der Waals surface area contributed by atoms with Gasteiger partial charge in [0, 0.05) is 10.6 Å². The highest BCUT2D eigenvalue weighted by Gasteiger charge is 2.34. The molecular weight excluding hydrogens is 228 g/mol. The van der Waals surface area contributed by atoms with E-state index in [-0.39, 0.29) is 18.5 Å². The van der Waals surface area contributed by atoms with Crippen molar-refractivity contribution in [3.8, 4) is 5.75 Å². The van der Waals surface area contributed by atoms with E-state index in [0.29, 0.717) is 5.75 Å². The molecule has 1 aliphatic heterocycles. The van der Waals surface area contributed by atoms with Gasteiger partial charge in [0.15, 0.2) is 0 Å². The van der Waals surface area contributed by atoms with Crippen LogP contribution in [0.4, 0.5) is 0 Å². The van der Waals surface area contributed by atoms with Crippen molar-refractivity contribution in [3.05, 3.63) is 24.3 Å². The van der Waals surface area contributed by atoms with Crippen molar-refractivity contribution in [2.45, 2.75) is 23.2 Å². The summed E-state index contributed by atoms with van der Waals surface area (Å²) in [6.07, 6.45) is -1.90. The number of ether oxygens (including phenoxy) is 1. The van der Waals surface area contributed by atoms with Gasteiger partial charge in [0.25, 0.3) is 0 Å². The molecule has 0 aromatic heterocycles. The average molecular weight is 242 g/mol. The maximum atomic E-state index is 9.55. The smallest absolute Gasteiger partial charge is 0.115 e. The molecule has 1 aliphatic rings. The van der Waals surface area contributed by atoms with Crippen LogP contribution in [0, 0.1) is 0 Å². The molecule has 0 saturated carbocycles. The van der Waals surface area contributed by atoms with Crippen molar-refractivity contribution >= 4 is 11.8 Å². The van der Waals surface area contributed by atoms with Crippen LogP contribution in [0.25, 0.3) is 0 Å². The minimum absolute atomic E-state index is 0.196. The summed E-state index contributed by atoms with van der Waals surface area (Å²) in [4.78, 5) is 0.995. The first kappa shape index (κ1) is 11.7. The number of hydrogen-bond acceptors (Lipinski definition) is 5. The molecule has 0 radical (unpaired) electrons. The van der Waals surface area contributed by atoms with E-state index < -0.39 is 12.2 Å². The van der Waals surface area contributed by atoms with Crippen LogP contribution in [0.5, 0.6) is 5.75 Å². The monoisotopic (exact) mass is 242 g/mol. The maximum Gasteiger partial charge on any atom is 0.115 e. The molecular formula is C11H14O4S. The van der Waals surface area contributed by atoms with E-state index >= 15 is 0 Å². The number of benzene rings is 1. The van der Waals surface area contributed by atoms with E-state index in [1.165, 1.54) is 11.8 Å². The fourth-order valence-electron chi connectivity index (χ4n) is 1.53. The van der Waals surface area contributed by atoms with Gasteiger partial charge in [-0.3, -0.25) is 0 Å². The summed E-state index contributed by atoms with van der Waals surface area (Å²) in [5.74, 6) is 0.820. The summed E-state index contributed by atoms with van der Waals surface area (Å²) < 4.78 is 5.25. The van der Waals surface area contributed by atoms with Crippen LogP contribution in [0.2, 0.25) is 0 Å². The molecule has 1 saturated heterocycles. The van der Waals surface area contributed by atoms with Crippen LogP contribution in [-0.2, 0) is 4.74 Å². The lowest BCUT2D eigenvalue weighted by Gasteiger charge is -2.14. The quantitative estimate of drug-likeness (QED) is 0.677. The summed E-state index contributed by atoms with van der Waals surface area (Å²) in [6, 6.07) is 6.84. The first-order chi connectivity index (χ1) is 7.66.